The van der Waals surface area contributed by atoms with E-state index < -0.39 is 60.9 Å². The van der Waals surface area contributed by atoms with Crippen molar-refractivity contribution in [1.82, 2.24) is 5.32 Å². The van der Waals surface area contributed by atoms with Crippen LogP contribution in [0, 0.1) is 0 Å². The van der Waals surface area contributed by atoms with Crippen molar-refractivity contribution in [2.75, 3.05) is 6.61 Å². The summed E-state index contributed by atoms with van der Waals surface area (Å²) in [5, 5.41) is 58.4. The molecule has 0 spiro atoms. The van der Waals surface area contributed by atoms with Crippen LogP contribution in [0.2, 0.25) is 0 Å². The Morgan fingerprint density at radius 3 is 2.36 bits per heavy atom. The van der Waals surface area contributed by atoms with Gasteiger partial charge in [0.15, 0.2) is 6.17 Å². The SMILES string of the molecule is CC(=O)N[C@H]1C([C@H](O)[C@H](O)CO)OC(O)(C(=O)O)C(F)[C@H]1O. The highest BCUT2D eigenvalue weighted by Gasteiger charge is 2.61. The maximum absolute atomic E-state index is 13.9. The quantitative estimate of drug-likeness (QED) is 0.266. The Kier molecular flexibility index (Phi) is 5.78. The molecule has 0 aromatic rings. The largest absolute Gasteiger partial charge is 0.477 e. The van der Waals surface area contributed by atoms with Crippen LogP contribution in [0.15, 0.2) is 0 Å². The number of hydrogen-bond acceptors (Lipinski definition) is 8. The van der Waals surface area contributed by atoms with E-state index in [0.29, 0.717) is 0 Å². The lowest BCUT2D eigenvalue weighted by Crippen LogP contribution is -2.72. The summed E-state index contributed by atoms with van der Waals surface area (Å²) < 4.78 is 18.5. The fraction of sp³-hybridized carbons (Fsp3) is 0.818. The van der Waals surface area contributed by atoms with E-state index in [2.05, 4.69) is 4.74 Å². The van der Waals surface area contributed by atoms with Crippen LogP contribution < -0.4 is 5.32 Å². The molecule has 1 amide bonds. The van der Waals surface area contributed by atoms with Crippen LogP contribution in [-0.2, 0) is 14.3 Å². The van der Waals surface area contributed by atoms with Gasteiger partial charge in [0.2, 0.25) is 5.91 Å². The summed E-state index contributed by atoms with van der Waals surface area (Å²) in [7, 11) is 0. The van der Waals surface area contributed by atoms with E-state index in [0.717, 1.165) is 6.92 Å². The van der Waals surface area contributed by atoms with Crippen molar-refractivity contribution in [1.29, 1.82) is 0 Å². The molecule has 0 aromatic heterocycles. The van der Waals surface area contributed by atoms with E-state index >= 15 is 0 Å². The number of hydrogen-bond donors (Lipinski definition) is 7. The van der Waals surface area contributed by atoms with Crippen molar-refractivity contribution < 1.29 is 49.4 Å². The maximum atomic E-state index is 13.9. The topological polar surface area (TPSA) is 177 Å². The van der Waals surface area contributed by atoms with Crippen LogP contribution in [0.25, 0.3) is 0 Å². The Balaban J connectivity index is 3.19. The van der Waals surface area contributed by atoms with Gasteiger partial charge in [0, 0.05) is 6.92 Å². The standard InChI is InChI=1S/C11H18FNO9/c1-3(15)13-5-7(18)9(12)11(21,10(19)20)22-8(5)6(17)4(16)2-14/h4-9,14,16-18,21H,2H2,1H3,(H,13,15)(H,19,20)/t4-,5-,6-,7+,8?,9?,11?/m1/s1. The van der Waals surface area contributed by atoms with Crippen LogP contribution in [0.1, 0.15) is 6.92 Å². The van der Waals surface area contributed by atoms with Gasteiger partial charge in [-0.2, -0.15) is 0 Å². The smallest absolute Gasteiger partial charge is 0.367 e. The minimum atomic E-state index is -3.49. The minimum Gasteiger partial charge on any atom is -0.477 e. The Morgan fingerprint density at radius 1 is 1.41 bits per heavy atom. The van der Waals surface area contributed by atoms with Crippen LogP contribution in [0.4, 0.5) is 4.39 Å². The van der Waals surface area contributed by atoms with Crippen molar-refractivity contribution in [2.24, 2.45) is 0 Å². The predicted molar refractivity (Wildman–Crippen MR) is 65.1 cm³/mol. The monoisotopic (exact) mass is 327 g/mol. The molecule has 10 nitrogen and oxygen atoms in total. The molecule has 1 aliphatic heterocycles. The summed E-state index contributed by atoms with van der Waals surface area (Å²) in [6.07, 6.45) is -10.8. The minimum absolute atomic E-state index is 0.767. The molecule has 1 saturated heterocycles. The van der Waals surface area contributed by atoms with Gasteiger partial charge in [0.25, 0.3) is 0 Å². The van der Waals surface area contributed by atoms with E-state index in [9.17, 15) is 34.4 Å². The van der Waals surface area contributed by atoms with Gasteiger partial charge < -0.3 is 40.7 Å². The zero-order valence-electron chi connectivity index (χ0n) is 11.5. The maximum Gasteiger partial charge on any atom is 0.367 e. The van der Waals surface area contributed by atoms with Gasteiger partial charge in [0.1, 0.15) is 24.4 Å². The number of carbonyl (C=O) groups excluding carboxylic acids is 1. The second-order valence-electron chi connectivity index (χ2n) is 4.94. The molecule has 7 atom stereocenters. The molecule has 1 heterocycles. The molecule has 0 bridgehead atoms. The normalized spacial score (nSPS) is 38.1. The molecular formula is C11H18FNO9. The van der Waals surface area contributed by atoms with Gasteiger partial charge in [-0.3, -0.25) is 4.79 Å². The summed E-state index contributed by atoms with van der Waals surface area (Å²) >= 11 is 0. The number of alkyl halides is 1. The van der Waals surface area contributed by atoms with Gasteiger partial charge in [-0.05, 0) is 0 Å². The summed E-state index contributed by atoms with van der Waals surface area (Å²) in [5.41, 5.74) is 0. The average Bonchev–Trinajstić information content (AvgIpc) is 2.45. The molecule has 11 heteroatoms. The number of aliphatic hydroxyl groups is 5. The van der Waals surface area contributed by atoms with Gasteiger partial charge in [0.05, 0.1) is 12.6 Å². The zero-order chi connectivity index (χ0) is 17.2. The molecular weight excluding hydrogens is 309 g/mol. The highest BCUT2D eigenvalue weighted by Crippen LogP contribution is 2.32. The zero-order valence-corrected chi connectivity index (χ0v) is 11.5. The molecule has 0 aromatic carbocycles. The number of carbonyl (C=O) groups is 2. The second kappa shape index (κ2) is 6.81. The van der Waals surface area contributed by atoms with Crippen LogP contribution >= 0.6 is 0 Å². The number of carboxylic acid groups (broad SMARTS) is 1. The highest BCUT2D eigenvalue weighted by molar-refractivity contribution is 5.77. The highest BCUT2D eigenvalue weighted by atomic mass is 19.1. The van der Waals surface area contributed by atoms with Crippen molar-refractivity contribution >= 4 is 11.9 Å². The van der Waals surface area contributed by atoms with Crippen LogP contribution in [0.5, 0.6) is 0 Å². The first-order valence-corrected chi connectivity index (χ1v) is 6.26. The van der Waals surface area contributed by atoms with Crippen molar-refractivity contribution in [2.45, 2.75) is 49.3 Å². The molecule has 22 heavy (non-hydrogen) atoms. The van der Waals surface area contributed by atoms with Crippen molar-refractivity contribution in [3.05, 3.63) is 0 Å². The molecule has 0 radical (unpaired) electrons. The molecule has 1 aliphatic rings. The lowest BCUT2D eigenvalue weighted by molar-refractivity contribution is -0.320. The molecule has 0 aliphatic carbocycles. The Morgan fingerprint density at radius 2 is 1.95 bits per heavy atom. The molecule has 3 unspecified atom stereocenters. The third kappa shape index (κ3) is 3.34. The fourth-order valence-electron chi connectivity index (χ4n) is 2.13. The first-order valence-electron chi connectivity index (χ1n) is 6.26. The van der Waals surface area contributed by atoms with Gasteiger partial charge in [-0.1, -0.05) is 0 Å². The second-order valence-corrected chi connectivity index (χ2v) is 4.94. The molecule has 1 rings (SSSR count). The number of halogens is 1. The number of ether oxygens (including phenoxy) is 1. The van der Waals surface area contributed by atoms with Gasteiger partial charge in [-0.15, -0.1) is 0 Å². The molecule has 7 N–H and O–H groups in total. The van der Waals surface area contributed by atoms with Crippen molar-refractivity contribution in [3.8, 4) is 0 Å². The van der Waals surface area contributed by atoms with E-state index in [1.165, 1.54) is 0 Å². The first kappa shape index (κ1) is 18.7. The number of nitrogens with one attached hydrogen (secondary N) is 1. The van der Waals surface area contributed by atoms with E-state index in [1.54, 1.807) is 0 Å². The molecule has 0 saturated carbocycles. The summed E-state index contributed by atoms with van der Waals surface area (Å²) in [5.74, 6) is -6.43. The van der Waals surface area contributed by atoms with E-state index in [4.69, 9.17) is 10.2 Å². The summed E-state index contributed by atoms with van der Waals surface area (Å²) in [6.45, 7) is 0.0400. The lowest BCUT2D eigenvalue weighted by Gasteiger charge is -2.46. The molecule has 128 valence electrons. The number of rotatable bonds is 5. The summed E-state index contributed by atoms with van der Waals surface area (Å²) in [6, 6.07) is -1.66. The van der Waals surface area contributed by atoms with E-state index in [-0.39, 0.29) is 0 Å². The Bertz CT molecular complexity index is 436. The lowest BCUT2D eigenvalue weighted by atomic mass is 9.87. The third-order valence-corrected chi connectivity index (χ3v) is 3.31. The van der Waals surface area contributed by atoms with E-state index in [1.807, 2.05) is 5.32 Å². The van der Waals surface area contributed by atoms with Crippen LogP contribution in [0.3, 0.4) is 0 Å². The van der Waals surface area contributed by atoms with Crippen molar-refractivity contribution in [3.63, 3.8) is 0 Å². The number of aliphatic hydroxyl groups excluding tert-OH is 4. The molecule has 1 fully saturated rings. The number of carboxylic acids is 1. The summed E-state index contributed by atoms with van der Waals surface area (Å²) in [4.78, 5) is 22.1. The number of amides is 1. The predicted octanol–water partition coefficient (Wildman–Crippen LogP) is -3.92. The number of aliphatic carboxylic acids is 1. The van der Waals surface area contributed by atoms with Gasteiger partial charge >= 0.3 is 11.8 Å². The van der Waals surface area contributed by atoms with Gasteiger partial charge in [-0.25, -0.2) is 9.18 Å². The average molecular weight is 327 g/mol. The fourth-order valence-corrected chi connectivity index (χ4v) is 2.13. The Hall–Kier alpha value is -1.37. The van der Waals surface area contributed by atoms with Crippen LogP contribution in [-0.4, -0.2) is 91.5 Å². The first-order chi connectivity index (χ1) is 10.1. The third-order valence-electron chi connectivity index (χ3n) is 3.31. The Labute approximate surface area is 123 Å².